The number of rotatable bonds is 10. The lowest BCUT2D eigenvalue weighted by Crippen LogP contribution is -2.44. The van der Waals surface area contributed by atoms with E-state index in [1.54, 1.807) is 4.90 Å². The van der Waals surface area contributed by atoms with Crippen LogP contribution in [0.25, 0.3) is 0 Å². The number of non-ortho nitro benzene ring substituents is 1. The van der Waals surface area contributed by atoms with Gasteiger partial charge in [-0.25, -0.2) is 0 Å². The third-order valence-electron chi connectivity index (χ3n) is 4.70. The highest BCUT2D eigenvalue weighted by atomic mass is 35.5. The molecule has 1 heterocycles. The lowest BCUT2D eigenvalue weighted by atomic mass is 10.1. The minimum absolute atomic E-state index is 0.0384. The van der Waals surface area contributed by atoms with Gasteiger partial charge in [-0.3, -0.25) is 19.7 Å². The van der Waals surface area contributed by atoms with Crippen LogP contribution in [0.5, 0.6) is 0 Å². The summed E-state index contributed by atoms with van der Waals surface area (Å²) >= 11 is 6.12. The molecule has 0 saturated heterocycles. The number of halogens is 1. The first kappa shape index (κ1) is 24.1. The number of nitro benzene ring substituents is 1. The maximum atomic E-state index is 13.1. The maximum absolute atomic E-state index is 13.1. The summed E-state index contributed by atoms with van der Waals surface area (Å²) in [5.74, 6) is -0.448. The van der Waals surface area contributed by atoms with Crippen LogP contribution in [-0.2, 0) is 18.4 Å². The molecule has 0 aliphatic heterocycles. The van der Waals surface area contributed by atoms with Gasteiger partial charge >= 0.3 is 0 Å². The first-order valence-corrected chi connectivity index (χ1v) is 10.2. The van der Waals surface area contributed by atoms with Crippen LogP contribution >= 0.6 is 11.6 Å². The summed E-state index contributed by atoms with van der Waals surface area (Å²) in [4.78, 5) is 39.6. The van der Waals surface area contributed by atoms with Crippen LogP contribution in [0.2, 0.25) is 5.02 Å². The topological polar surface area (TPSA) is 88.7 Å². The predicted molar refractivity (Wildman–Crippen MR) is 120 cm³/mol. The van der Waals surface area contributed by atoms with E-state index in [2.05, 4.69) is 6.58 Å². The van der Waals surface area contributed by atoms with E-state index in [9.17, 15) is 19.7 Å². The molecule has 2 amide bonds. The largest absolute Gasteiger partial charge is 0.353 e. The van der Waals surface area contributed by atoms with Crippen molar-refractivity contribution < 1.29 is 14.5 Å². The van der Waals surface area contributed by atoms with Gasteiger partial charge in [0, 0.05) is 44.2 Å². The summed E-state index contributed by atoms with van der Waals surface area (Å²) in [5.41, 5.74) is 0.868. The zero-order valence-electron chi connectivity index (χ0n) is 18.0. The highest BCUT2D eigenvalue weighted by molar-refractivity contribution is 6.34. The lowest BCUT2D eigenvalue weighted by molar-refractivity contribution is -0.384. The molecule has 0 bridgehead atoms. The van der Waals surface area contributed by atoms with Crippen molar-refractivity contribution in [3.8, 4) is 0 Å². The molecule has 1 aromatic heterocycles. The predicted octanol–water partition coefficient (Wildman–Crippen LogP) is 3.90. The van der Waals surface area contributed by atoms with E-state index in [-0.39, 0.29) is 41.2 Å². The molecule has 0 aliphatic carbocycles. The van der Waals surface area contributed by atoms with Crippen molar-refractivity contribution in [1.82, 2.24) is 14.4 Å². The Labute approximate surface area is 186 Å². The van der Waals surface area contributed by atoms with Gasteiger partial charge in [0.15, 0.2) is 0 Å². The average Bonchev–Trinajstić information content (AvgIpc) is 3.10. The Morgan fingerprint density at radius 2 is 2.00 bits per heavy atom. The normalized spacial score (nSPS) is 10.7. The molecular weight excluding hydrogens is 420 g/mol. The fraction of sp³-hybridized carbons (Fsp3) is 0.364. The molecule has 8 nitrogen and oxygen atoms in total. The van der Waals surface area contributed by atoms with Gasteiger partial charge in [0.1, 0.15) is 6.54 Å². The Balaban J connectivity index is 2.23. The first-order chi connectivity index (χ1) is 14.6. The second-order valence-corrected chi connectivity index (χ2v) is 8.08. The van der Waals surface area contributed by atoms with Crippen LogP contribution in [-0.4, -0.2) is 50.7 Å². The van der Waals surface area contributed by atoms with Gasteiger partial charge in [-0.05, 0) is 24.1 Å². The smallest absolute Gasteiger partial charge is 0.270 e. The molecule has 0 saturated carbocycles. The van der Waals surface area contributed by atoms with E-state index >= 15 is 0 Å². The van der Waals surface area contributed by atoms with Crippen LogP contribution in [0.3, 0.4) is 0 Å². The van der Waals surface area contributed by atoms with Crippen LogP contribution in [0.15, 0.2) is 49.2 Å². The van der Waals surface area contributed by atoms with Gasteiger partial charge in [-0.1, -0.05) is 31.5 Å². The monoisotopic (exact) mass is 446 g/mol. The molecule has 0 unspecified atom stereocenters. The molecule has 9 heteroatoms. The highest BCUT2D eigenvalue weighted by Gasteiger charge is 2.25. The summed E-state index contributed by atoms with van der Waals surface area (Å²) in [7, 11) is 1.91. The number of hydrogen-bond acceptors (Lipinski definition) is 4. The van der Waals surface area contributed by atoms with Gasteiger partial charge in [-0.15, -0.1) is 6.58 Å². The molecule has 166 valence electrons. The second kappa shape index (κ2) is 10.8. The van der Waals surface area contributed by atoms with E-state index < -0.39 is 10.8 Å². The summed E-state index contributed by atoms with van der Waals surface area (Å²) in [6.45, 7) is 8.65. The number of carbonyl (C=O) groups excluding carboxylic acids is 2. The van der Waals surface area contributed by atoms with Crippen molar-refractivity contribution in [1.29, 1.82) is 0 Å². The van der Waals surface area contributed by atoms with Crippen molar-refractivity contribution in [3.05, 3.63) is 75.6 Å². The molecule has 0 radical (unpaired) electrons. The first-order valence-electron chi connectivity index (χ1n) is 9.86. The Kier molecular flexibility index (Phi) is 8.38. The minimum Gasteiger partial charge on any atom is -0.353 e. The van der Waals surface area contributed by atoms with Crippen molar-refractivity contribution in [2.45, 2.75) is 20.4 Å². The number of carbonyl (C=O) groups is 2. The average molecular weight is 447 g/mol. The zero-order chi connectivity index (χ0) is 23.1. The number of nitrogens with zero attached hydrogens (tertiary/aromatic N) is 4. The summed E-state index contributed by atoms with van der Waals surface area (Å²) in [5, 5.41) is 10.9. The second-order valence-electron chi connectivity index (χ2n) is 7.67. The number of amides is 2. The molecule has 0 fully saturated rings. The standard InChI is InChI=1S/C22H27ClN4O4/c1-5-10-25(22(29)19-9-8-17(27(30)31)12-20(19)23)15-21(28)26(13-16(2)3)14-18-7-6-11-24(18)4/h5-9,11-12,16H,1,10,13-15H2,2-4H3. The lowest BCUT2D eigenvalue weighted by Gasteiger charge is -2.28. The minimum atomic E-state index is -0.585. The maximum Gasteiger partial charge on any atom is 0.270 e. The Morgan fingerprint density at radius 1 is 1.29 bits per heavy atom. The number of aromatic nitrogens is 1. The van der Waals surface area contributed by atoms with Gasteiger partial charge in [0.05, 0.1) is 22.1 Å². The van der Waals surface area contributed by atoms with Gasteiger partial charge in [0.25, 0.3) is 11.6 Å². The Bertz CT molecular complexity index is 970. The van der Waals surface area contributed by atoms with Crippen LogP contribution in [0, 0.1) is 16.0 Å². The molecule has 1 aromatic carbocycles. The summed E-state index contributed by atoms with van der Waals surface area (Å²) < 4.78 is 1.95. The number of hydrogen-bond donors (Lipinski definition) is 0. The molecule has 0 atom stereocenters. The van der Waals surface area contributed by atoms with Crippen molar-refractivity contribution in [2.75, 3.05) is 19.6 Å². The Hall–Kier alpha value is -3.13. The SMILES string of the molecule is C=CCN(CC(=O)N(Cc1cccn1C)CC(C)C)C(=O)c1ccc([N+](=O)[O-])cc1Cl. The third kappa shape index (κ3) is 6.42. The van der Waals surface area contributed by atoms with Crippen molar-refractivity contribution in [2.24, 2.45) is 13.0 Å². The van der Waals surface area contributed by atoms with Crippen molar-refractivity contribution in [3.63, 3.8) is 0 Å². The van der Waals surface area contributed by atoms with Gasteiger partial charge < -0.3 is 14.4 Å². The van der Waals surface area contributed by atoms with E-state index in [0.29, 0.717) is 13.1 Å². The van der Waals surface area contributed by atoms with E-state index in [0.717, 1.165) is 11.8 Å². The fourth-order valence-electron chi connectivity index (χ4n) is 3.15. The quantitative estimate of drug-likeness (QED) is 0.314. The number of benzene rings is 1. The van der Waals surface area contributed by atoms with Crippen LogP contribution < -0.4 is 0 Å². The molecule has 2 aromatic rings. The molecule has 0 N–H and O–H groups in total. The zero-order valence-corrected chi connectivity index (χ0v) is 18.7. The van der Waals surface area contributed by atoms with E-state index in [1.807, 2.05) is 43.8 Å². The summed E-state index contributed by atoms with van der Waals surface area (Å²) in [6, 6.07) is 7.51. The fourth-order valence-corrected chi connectivity index (χ4v) is 3.41. The molecule has 31 heavy (non-hydrogen) atoms. The summed E-state index contributed by atoms with van der Waals surface area (Å²) in [6.07, 6.45) is 3.44. The number of aryl methyl sites for hydroxylation is 1. The van der Waals surface area contributed by atoms with Crippen LogP contribution in [0.4, 0.5) is 5.69 Å². The van der Waals surface area contributed by atoms with Gasteiger partial charge in [0.2, 0.25) is 5.91 Å². The molecule has 0 aliphatic rings. The molecular formula is C22H27ClN4O4. The third-order valence-corrected chi connectivity index (χ3v) is 5.01. The highest BCUT2D eigenvalue weighted by Crippen LogP contribution is 2.24. The molecule has 0 spiro atoms. The van der Waals surface area contributed by atoms with E-state index in [1.165, 1.54) is 23.1 Å². The van der Waals surface area contributed by atoms with Crippen LogP contribution in [0.1, 0.15) is 29.9 Å². The Morgan fingerprint density at radius 3 is 2.52 bits per heavy atom. The van der Waals surface area contributed by atoms with E-state index in [4.69, 9.17) is 11.6 Å². The number of nitro groups is 1. The molecule has 2 rings (SSSR count). The van der Waals surface area contributed by atoms with Crippen molar-refractivity contribution >= 4 is 29.1 Å². The van der Waals surface area contributed by atoms with Gasteiger partial charge in [-0.2, -0.15) is 0 Å².